The quantitative estimate of drug-likeness (QED) is 0.819. The van der Waals surface area contributed by atoms with Crippen LogP contribution in [0.1, 0.15) is 66.2 Å². The first-order valence-corrected chi connectivity index (χ1v) is 8.34. The third-order valence-electron chi connectivity index (χ3n) is 4.73. The first kappa shape index (κ1) is 17.7. The smallest absolute Gasteiger partial charge is 0.433 e. The topological polar surface area (TPSA) is 79.3 Å². The maximum Gasteiger partial charge on any atom is 0.433 e. The third-order valence-corrected chi connectivity index (χ3v) is 4.73. The van der Waals surface area contributed by atoms with E-state index >= 15 is 0 Å². The van der Waals surface area contributed by atoms with Crippen LogP contribution in [0.5, 0.6) is 0 Å². The maximum atomic E-state index is 13.0. The average Bonchev–Trinajstić information content (AvgIpc) is 3.32. The van der Waals surface area contributed by atoms with Gasteiger partial charge in [-0.05, 0) is 50.2 Å². The number of rotatable bonds is 6. The molecule has 8 heteroatoms. The van der Waals surface area contributed by atoms with Crippen LogP contribution in [-0.4, -0.2) is 28.0 Å². The zero-order chi connectivity index (χ0) is 18.2. The molecule has 2 fully saturated rings. The second-order valence-corrected chi connectivity index (χ2v) is 6.88. The lowest BCUT2D eigenvalue weighted by molar-refractivity contribution is -0.141. The number of halogens is 3. The van der Waals surface area contributed by atoms with Crippen LogP contribution in [0.2, 0.25) is 0 Å². The second kappa shape index (κ2) is 6.65. The minimum atomic E-state index is -4.58. The Kier molecular flexibility index (Phi) is 4.71. The monoisotopic (exact) mass is 356 g/mol. The van der Waals surface area contributed by atoms with E-state index in [1.54, 1.807) is 0 Å². The van der Waals surface area contributed by atoms with Crippen molar-refractivity contribution in [2.75, 3.05) is 0 Å². The zero-order valence-corrected chi connectivity index (χ0v) is 13.5. The summed E-state index contributed by atoms with van der Waals surface area (Å²) in [6.07, 6.45) is -1.03. The van der Waals surface area contributed by atoms with Gasteiger partial charge >= 0.3 is 12.1 Å². The molecule has 2 saturated carbocycles. The summed E-state index contributed by atoms with van der Waals surface area (Å²) in [5.41, 5.74) is -0.721. The van der Waals surface area contributed by atoms with Crippen molar-refractivity contribution in [3.63, 3.8) is 0 Å². The van der Waals surface area contributed by atoms with Crippen molar-refractivity contribution in [3.8, 4) is 0 Å². The Morgan fingerprint density at radius 3 is 2.48 bits per heavy atom. The molecule has 0 bridgehead atoms. The van der Waals surface area contributed by atoms with Crippen LogP contribution in [0, 0.1) is 5.92 Å². The number of aliphatic carboxylic acids is 1. The minimum Gasteiger partial charge on any atom is -0.481 e. The molecular weight excluding hydrogens is 337 g/mol. The van der Waals surface area contributed by atoms with Crippen LogP contribution >= 0.6 is 0 Å². The van der Waals surface area contributed by atoms with Gasteiger partial charge in [-0.15, -0.1) is 0 Å². The largest absolute Gasteiger partial charge is 0.481 e. The highest BCUT2D eigenvalue weighted by molar-refractivity contribution is 5.94. The molecule has 1 amide bonds. The normalized spacial score (nSPS) is 23.0. The number of aromatic nitrogens is 1. The summed E-state index contributed by atoms with van der Waals surface area (Å²) in [5.74, 6) is -1.13. The van der Waals surface area contributed by atoms with E-state index in [1.807, 2.05) is 0 Å². The molecule has 0 radical (unpaired) electrons. The summed E-state index contributed by atoms with van der Waals surface area (Å²) < 4.78 is 39.0. The number of amides is 1. The standard InChI is InChI=1S/C17H19F3N2O3/c18-17(19,20)14-8-11(7-13(22-14)10-2-3-10)16(25)21-12-5-9(6-12)1-4-15(23)24/h7-10,12H,1-6H2,(H,21,25)(H,23,24). The fraction of sp³-hybridized carbons (Fsp3) is 0.588. The highest BCUT2D eigenvalue weighted by atomic mass is 19.4. The van der Waals surface area contributed by atoms with E-state index in [9.17, 15) is 22.8 Å². The van der Waals surface area contributed by atoms with Crippen LogP contribution in [0.3, 0.4) is 0 Å². The van der Waals surface area contributed by atoms with E-state index < -0.39 is 23.7 Å². The molecule has 25 heavy (non-hydrogen) atoms. The third kappa shape index (κ3) is 4.49. The van der Waals surface area contributed by atoms with Gasteiger partial charge in [-0.1, -0.05) is 0 Å². The summed E-state index contributed by atoms with van der Waals surface area (Å²) >= 11 is 0. The van der Waals surface area contributed by atoms with Crippen molar-refractivity contribution in [2.24, 2.45) is 5.92 Å². The molecule has 0 aliphatic heterocycles. The molecule has 1 aromatic heterocycles. The summed E-state index contributed by atoms with van der Waals surface area (Å²) in [7, 11) is 0. The number of carbonyl (C=O) groups excluding carboxylic acids is 1. The average molecular weight is 356 g/mol. The molecule has 5 nitrogen and oxygen atoms in total. The van der Waals surface area contributed by atoms with Gasteiger partial charge < -0.3 is 10.4 Å². The van der Waals surface area contributed by atoms with Crippen molar-refractivity contribution in [1.29, 1.82) is 0 Å². The van der Waals surface area contributed by atoms with E-state index in [0.29, 0.717) is 25.0 Å². The Hall–Kier alpha value is -2.12. The SMILES string of the molecule is O=C(O)CCC1CC(NC(=O)c2cc(C3CC3)nc(C(F)(F)F)c2)C1. The lowest BCUT2D eigenvalue weighted by Crippen LogP contribution is -2.44. The fourth-order valence-electron chi connectivity index (χ4n) is 3.10. The summed E-state index contributed by atoms with van der Waals surface area (Å²) in [6, 6.07) is 2.13. The van der Waals surface area contributed by atoms with Crippen molar-refractivity contribution in [2.45, 2.75) is 56.7 Å². The lowest BCUT2D eigenvalue weighted by Gasteiger charge is -2.35. The van der Waals surface area contributed by atoms with Gasteiger partial charge in [0, 0.05) is 29.6 Å². The van der Waals surface area contributed by atoms with Gasteiger partial charge in [0.05, 0.1) is 0 Å². The van der Waals surface area contributed by atoms with E-state index in [0.717, 1.165) is 18.9 Å². The number of carbonyl (C=O) groups is 2. The Morgan fingerprint density at radius 2 is 1.92 bits per heavy atom. The van der Waals surface area contributed by atoms with Gasteiger partial charge in [-0.2, -0.15) is 13.2 Å². The number of carboxylic acid groups (broad SMARTS) is 1. The Bertz CT molecular complexity index is 680. The fourth-order valence-corrected chi connectivity index (χ4v) is 3.10. The number of nitrogens with zero attached hydrogens (tertiary/aromatic N) is 1. The number of nitrogens with one attached hydrogen (secondary N) is 1. The molecular formula is C17H19F3N2O3. The van der Waals surface area contributed by atoms with Crippen molar-refractivity contribution < 1.29 is 27.9 Å². The van der Waals surface area contributed by atoms with Crippen LogP contribution in [0.4, 0.5) is 13.2 Å². The number of carboxylic acids is 1. The van der Waals surface area contributed by atoms with Gasteiger partial charge in [-0.25, -0.2) is 4.98 Å². The molecule has 0 saturated heterocycles. The van der Waals surface area contributed by atoms with Crippen LogP contribution < -0.4 is 5.32 Å². The molecule has 1 aromatic rings. The molecule has 0 atom stereocenters. The predicted octanol–water partition coefficient (Wildman–Crippen LogP) is 3.35. The molecule has 0 unspecified atom stereocenters. The van der Waals surface area contributed by atoms with E-state index in [1.165, 1.54) is 6.07 Å². The van der Waals surface area contributed by atoms with Crippen LogP contribution in [0.25, 0.3) is 0 Å². The summed E-state index contributed by atoms with van der Waals surface area (Å²) in [5, 5.41) is 11.4. The molecule has 3 rings (SSSR count). The number of alkyl halides is 3. The van der Waals surface area contributed by atoms with Crippen molar-refractivity contribution in [3.05, 3.63) is 29.1 Å². The highest BCUT2D eigenvalue weighted by Crippen LogP contribution is 2.41. The number of hydrogen-bond acceptors (Lipinski definition) is 3. The van der Waals surface area contributed by atoms with E-state index in [2.05, 4.69) is 10.3 Å². The van der Waals surface area contributed by atoms with Gasteiger partial charge in [-0.3, -0.25) is 9.59 Å². The van der Waals surface area contributed by atoms with Crippen molar-refractivity contribution in [1.82, 2.24) is 10.3 Å². The van der Waals surface area contributed by atoms with Crippen molar-refractivity contribution >= 4 is 11.9 Å². The van der Waals surface area contributed by atoms with E-state index in [4.69, 9.17) is 5.11 Å². The van der Waals surface area contributed by atoms with Crippen LogP contribution in [0.15, 0.2) is 12.1 Å². The highest BCUT2D eigenvalue weighted by Gasteiger charge is 2.36. The molecule has 2 N–H and O–H groups in total. The first-order chi connectivity index (χ1) is 11.7. The Morgan fingerprint density at radius 1 is 1.24 bits per heavy atom. The van der Waals surface area contributed by atoms with Gasteiger partial charge in [0.15, 0.2) is 0 Å². The molecule has 0 aromatic carbocycles. The molecule has 1 heterocycles. The molecule has 0 spiro atoms. The Labute approximate surface area is 142 Å². The lowest BCUT2D eigenvalue weighted by atomic mass is 9.77. The summed E-state index contributed by atoms with van der Waals surface area (Å²) in [4.78, 5) is 26.5. The molecule has 2 aliphatic carbocycles. The van der Waals surface area contributed by atoms with E-state index in [-0.39, 0.29) is 29.9 Å². The number of hydrogen-bond donors (Lipinski definition) is 2. The minimum absolute atomic E-state index is 0.0120. The maximum absolute atomic E-state index is 13.0. The van der Waals surface area contributed by atoms with Gasteiger partial charge in [0.25, 0.3) is 5.91 Å². The van der Waals surface area contributed by atoms with Crippen LogP contribution in [-0.2, 0) is 11.0 Å². The zero-order valence-electron chi connectivity index (χ0n) is 13.5. The summed E-state index contributed by atoms with van der Waals surface area (Å²) in [6.45, 7) is 0. The first-order valence-electron chi connectivity index (χ1n) is 8.34. The molecule has 2 aliphatic rings. The van der Waals surface area contributed by atoms with Gasteiger partial charge in [0.2, 0.25) is 0 Å². The molecule has 136 valence electrons. The van der Waals surface area contributed by atoms with Gasteiger partial charge in [0.1, 0.15) is 5.69 Å². The predicted molar refractivity (Wildman–Crippen MR) is 82.1 cm³/mol. The number of pyridine rings is 1. The Balaban J connectivity index is 1.62. The second-order valence-electron chi connectivity index (χ2n) is 6.88.